The van der Waals surface area contributed by atoms with Crippen LogP contribution in [0.5, 0.6) is 0 Å². The van der Waals surface area contributed by atoms with Crippen molar-refractivity contribution in [2.75, 3.05) is 0 Å². The summed E-state index contributed by atoms with van der Waals surface area (Å²) in [7, 11) is 0. The van der Waals surface area contributed by atoms with Crippen LogP contribution in [-0.2, 0) is 11.3 Å². The number of hydrogen-bond acceptors (Lipinski definition) is 4. The van der Waals surface area contributed by atoms with Crippen LogP contribution in [0, 0.1) is 13.8 Å². The molecule has 29 heavy (non-hydrogen) atoms. The van der Waals surface area contributed by atoms with E-state index >= 15 is 0 Å². The highest BCUT2D eigenvalue weighted by atomic mass is 16.1. The van der Waals surface area contributed by atoms with Gasteiger partial charge in [0.1, 0.15) is 18.2 Å². The van der Waals surface area contributed by atoms with Gasteiger partial charge in [-0.05, 0) is 33.8 Å². The first-order chi connectivity index (χ1) is 13.9. The Labute approximate surface area is 173 Å². The van der Waals surface area contributed by atoms with Gasteiger partial charge in [0.05, 0.1) is 11.4 Å². The van der Waals surface area contributed by atoms with Gasteiger partial charge < -0.3 is 4.79 Å². The van der Waals surface area contributed by atoms with E-state index in [0.717, 1.165) is 34.2 Å². The van der Waals surface area contributed by atoms with Crippen molar-refractivity contribution >= 4 is 11.5 Å². The standard InChI is InChI=1S/C18H16N4.C3H6O.C3H8/c1-12-7-9-14(10-8-12)18-15-5-3-4-6-16(15)22-13(2)20-21-17(22)11-19-18;1-3(2)4;1-3-2/h3-10H,11H2,1-2H3;1-2H3;3H2,1-2H3. The van der Waals surface area contributed by atoms with E-state index in [-0.39, 0.29) is 5.78 Å². The lowest BCUT2D eigenvalue weighted by molar-refractivity contribution is -0.114. The van der Waals surface area contributed by atoms with Crippen LogP contribution in [0.25, 0.3) is 5.69 Å². The summed E-state index contributed by atoms with van der Waals surface area (Å²) in [6.45, 7) is 11.9. The van der Waals surface area contributed by atoms with Gasteiger partial charge in [-0.3, -0.25) is 9.56 Å². The molecule has 0 fully saturated rings. The lowest BCUT2D eigenvalue weighted by Gasteiger charge is -2.12. The zero-order valence-electron chi connectivity index (χ0n) is 18.2. The molecule has 1 aliphatic rings. The Bertz CT molecular complexity index is 980. The van der Waals surface area contributed by atoms with Crippen molar-refractivity contribution in [3.63, 3.8) is 0 Å². The second-order valence-corrected chi connectivity index (χ2v) is 7.16. The summed E-state index contributed by atoms with van der Waals surface area (Å²) in [4.78, 5) is 14.3. The summed E-state index contributed by atoms with van der Waals surface area (Å²) in [6, 6.07) is 16.8. The number of ketones is 1. The maximum Gasteiger partial charge on any atom is 0.159 e. The van der Waals surface area contributed by atoms with Gasteiger partial charge in [-0.2, -0.15) is 0 Å². The number of nitrogens with zero attached hydrogens (tertiary/aromatic N) is 4. The van der Waals surface area contributed by atoms with Crippen molar-refractivity contribution in [2.45, 2.75) is 54.5 Å². The van der Waals surface area contributed by atoms with Crippen LogP contribution >= 0.6 is 0 Å². The number of fused-ring (bicyclic) bond motifs is 3. The van der Waals surface area contributed by atoms with E-state index in [4.69, 9.17) is 4.99 Å². The van der Waals surface area contributed by atoms with Gasteiger partial charge in [0.25, 0.3) is 0 Å². The first-order valence-electron chi connectivity index (χ1n) is 9.98. The molecule has 0 bridgehead atoms. The highest BCUT2D eigenvalue weighted by Gasteiger charge is 2.20. The van der Waals surface area contributed by atoms with Crippen LogP contribution in [0.2, 0.25) is 0 Å². The molecule has 1 aromatic heterocycles. The van der Waals surface area contributed by atoms with E-state index in [9.17, 15) is 4.79 Å². The van der Waals surface area contributed by atoms with Gasteiger partial charge >= 0.3 is 0 Å². The molecule has 0 aliphatic carbocycles. The second kappa shape index (κ2) is 10.5. The molecule has 5 nitrogen and oxygen atoms in total. The third-order valence-electron chi connectivity index (χ3n) is 4.00. The minimum Gasteiger partial charge on any atom is -0.300 e. The molecule has 0 saturated heterocycles. The van der Waals surface area contributed by atoms with Crippen LogP contribution in [0.1, 0.15) is 62.5 Å². The summed E-state index contributed by atoms with van der Waals surface area (Å²) in [5.41, 5.74) is 5.61. The van der Waals surface area contributed by atoms with Gasteiger partial charge in [-0.1, -0.05) is 68.3 Å². The molecule has 0 atom stereocenters. The second-order valence-electron chi connectivity index (χ2n) is 7.16. The van der Waals surface area contributed by atoms with Crippen LogP contribution in [0.15, 0.2) is 53.5 Å². The van der Waals surface area contributed by atoms with E-state index in [1.807, 2.05) is 19.1 Å². The van der Waals surface area contributed by atoms with Crippen molar-refractivity contribution in [3.05, 3.63) is 76.9 Å². The number of carbonyl (C=O) groups is 1. The summed E-state index contributed by atoms with van der Waals surface area (Å²) >= 11 is 0. The van der Waals surface area contributed by atoms with Gasteiger partial charge in [0.15, 0.2) is 5.82 Å². The lowest BCUT2D eigenvalue weighted by Crippen LogP contribution is -2.08. The molecule has 0 radical (unpaired) electrons. The fraction of sp³-hybridized carbons (Fsp3) is 0.333. The topological polar surface area (TPSA) is 60.1 Å². The van der Waals surface area contributed by atoms with Crippen molar-refractivity contribution in [1.82, 2.24) is 14.8 Å². The summed E-state index contributed by atoms with van der Waals surface area (Å²) in [6.07, 6.45) is 1.25. The number of para-hydroxylation sites is 1. The van der Waals surface area contributed by atoms with E-state index in [1.54, 1.807) is 0 Å². The predicted octanol–water partition coefficient (Wildman–Crippen LogP) is 5.25. The van der Waals surface area contributed by atoms with Gasteiger partial charge in [0.2, 0.25) is 0 Å². The largest absolute Gasteiger partial charge is 0.300 e. The highest BCUT2D eigenvalue weighted by molar-refractivity contribution is 6.15. The maximum atomic E-state index is 9.44. The van der Waals surface area contributed by atoms with Crippen LogP contribution in [0.4, 0.5) is 0 Å². The molecule has 1 aliphatic heterocycles. The first kappa shape index (κ1) is 22.2. The van der Waals surface area contributed by atoms with Crippen molar-refractivity contribution in [1.29, 1.82) is 0 Å². The lowest BCUT2D eigenvalue weighted by atomic mass is 9.99. The quantitative estimate of drug-likeness (QED) is 0.570. The molecule has 0 N–H and O–H groups in total. The molecule has 0 saturated carbocycles. The Kier molecular flexibility index (Phi) is 8.01. The zero-order chi connectivity index (χ0) is 21.4. The van der Waals surface area contributed by atoms with Crippen LogP contribution in [-0.4, -0.2) is 26.3 Å². The Morgan fingerprint density at radius 3 is 2.17 bits per heavy atom. The van der Waals surface area contributed by atoms with E-state index < -0.39 is 0 Å². The molecular formula is C24H30N4O. The molecule has 4 rings (SSSR count). The van der Waals surface area contributed by atoms with Gasteiger partial charge in [-0.25, -0.2) is 0 Å². The number of hydrogen-bond donors (Lipinski definition) is 0. The number of aliphatic imine (C=N–C) groups is 1. The predicted molar refractivity (Wildman–Crippen MR) is 119 cm³/mol. The monoisotopic (exact) mass is 390 g/mol. The Morgan fingerprint density at radius 1 is 0.966 bits per heavy atom. The number of aryl methyl sites for hydroxylation is 2. The Balaban J connectivity index is 0.000000377. The third-order valence-corrected chi connectivity index (χ3v) is 4.00. The van der Waals surface area contributed by atoms with Crippen molar-refractivity contribution in [2.24, 2.45) is 4.99 Å². The Hall–Kier alpha value is -3.08. The molecule has 3 aromatic rings. The van der Waals surface area contributed by atoms with Crippen LogP contribution in [0.3, 0.4) is 0 Å². The summed E-state index contributed by atoms with van der Waals surface area (Å²) in [5, 5.41) is 8.46. The van der Waals surface area contributed by atoms with Gasteiger partial charge in [0, 0.05) is 11.1 Å². The molecule has 2 aromatic carbocycles. The molecule has 0 amide bonds. The fourth-order valence-corrected chi connectivity index (χ4v) is 2.88. The minimum absolute atomic E-state index is 0.167. The average Bonchev–Trinajstić information content (AvgIpc) is 2.95. The maximum absolute atomic E-state index is 9.44. The molecular weight excluding hydrogens is 360 g/mol. The normalized spacial score (nSPS) is 11.4. The summed E-state index contributed by atoms with van der Waals surface area (Å²) in [5.74, 6) is 1.94. The number of rotatable bonds is 1. The molecule has 2 heterocycles. The molecule has 0 unspecified atom stereocenters. The number of aromatic nitrogens is 3. The van der Waals surface area contributed by atoms with E-state index in [1.165, 1.54) is 25.8 Å². The number of Topliss-reactive ketones (excluding diaryl/α,β-unsaturated/α-hetero) is 1. The number of carbonyl (C=O) groups excluding carboxylic acids is 1. The van der Waals surface area contributed by atoms with Crippen molar-refractivity contribution in [3.8, 4) is 5.69 Å². The van der Waals surface area contributed by atoms with E-state index in [2.05, 4.69) is 71.9 Å². The van der Waals surface area contributed by atoms with E-state index in [0.29, 0.717) is 6.54 Å². The summed E-state index contributed by atoms with van der Waals surface area (Å²) < 4.78 is 2.10. The smallest absolute Gasteiger partial charge is 0.159 e. The SMILES string of the molecule is CC(C)=O.CCC.Cc1ccc(C2=NCc3nnc(C)n3-c3ccccc32)cc1. The minimum atomic E-state index is 0.167. The van der Waals surface area contributed by atoms with Gasteiger partial charge in [-0.15, -0.1) is 10.2 Å². The van der Waals surface area contributed by atoms with Crippen molar-refractivity contribution < 1.29 is 4.79 Å². The average molecular weight is 391 g/mol. The third kappa shape index (κ3) is 5.70. The molecule has 152 valence electrons. The number of benzene rings is 2. The first-order valence-corrected chi connectivity index (χ1v) is 9.98. The molecule has 0 spiro atoms. The van der Waals surface area contributed by atoms with Crippen LogP contribution < -0.4 is 0 Å². The Morgan fingerprint density at radius 2 is 1.55 bits per heavy atom. The zero-order valence-corrected chi connectivity index (χ0v) is 18.2. The highest BCUT2D eigenvalue weighted by Crippen LogP contribution is 2.25. The molecule has 5 heteroatoms. The fourth-order valence-electron chi connectivity index (χ4n) is 2.88.